The van der Waals surface area contributed by atoms with Crippen molar-refractivity contribution in [3.05, 3.63) is 34.4 Å². The molecule has 0 fully saturated rings. The average molecular weight is 338 g/mol. The van der Waals surface area contributed by atoms with Gasteiger partial charge in [0, 0.05) is 0 Å². The lowest BCUT2D eigenvalue weighted by Gasteiger charge is -2.18. The molecule has 1 aromatic heterocycles. The molecule has 1 atom stereocenters. The number of rotatable bonds is 5. The summed E-state index contributed by atoms with van der Waals surface area (Å²) in [7, 11) is -2.14. The summed E-state index contributed by atoms with van der Waals surface area (Å²) in [6.07, 6.45) is 0. The Morgan fingerprint density at radius 2 is 1.87 bits per heavy atom. The van der Waals surface area contributed by atoms with Gasteiger partial charge in [-0.1, -0.05) is 0 Å². The third-order valence-corrected chi connectivity index (χ3v) is 5.63. The lowest BCUT2D eigenvalue weighted by molar-refractivity contribution is 0.410. The first-order valence-electron chi connectivity index (χ1n) is 7.23. The van der Waals surface area contributed by atoms with Crippen LogP contribution in [0.5, 0.6) is 5.75 Å². The summed E-state index contributed by atoms with van der Waals surface area (Å²) in [4.78, 5) is 4.44. The fraction of sp³-hybridized carbons (Fsp3) is 0.467. The van der Waals surface area contributed by atoms with E-state index in [1.807, 2.05) is 6.92 Å². The number of hydrogen-bond donors (Lipinski definition) is 2. The van der Waals surface area contributed by atoms with Crippen LogP contribution in [-0.4, -0.2) is 30.7 Å². The minimum absolute atomic E-state index is 0.273. The zero-order chi connectivity index (χ0) is 17.4. The maximum Gasteiger partial charge on any atom is 0.241 e. The Bertz CT molecular complexity index is 827. The molecule has 0 spiro atoms. The molecule has 0 amide bonds. The first-order chi connectivity index (χ1) is 10.7. The van der Waals surface area contributed by atoms with E-state index in [-0.39, 0.29) is 4.90 Å². The minimum atomic E-state index is -3.71. The molecule has 7 nitrogen and oxygen atoms in total. The van der Waals surface area contributed by atoms with Gasteiger partial charge in [0.2, 0.25) is 10.0 Å². The molecule has 1 heterocycles. The van der Waals surface area contributed by atoms with Gasteiger partial charge in [-0.05, 0) is 57.4 Å². The molecule has 0 saturated carbocycles. The van der Waals surface area contributed by atoms with Crippen LogP contribution in [0.2, 0.25) is 0 Å². The molecule has 23 heavy (non-hydrogen) atoms. The largest absolute Gasteiger partial charge is 0.496 e. The van der Waals surface area contributed by atoms with Gasteiger partial charge in [0.1, 0.15) is 11.6 Å². The fourth-order valence-corrected chi connectivity index (χ4v) is 4.27. The summed E-state index contributed by atoms with van der Waals surface area (Å²) in [6.45, 7) is 8.85. The Morgan fingerprint density at radius 3 is 2.39 bits per heavy atom. The highest BCUT2D eigenvalue weighted by Gasteiger charge is 2.26. The lowest BCUT2D eigenvalue weighted by Crippen LogP contribution is -2.29. The van der Waals surface area contributed by atoms with Gasteiger partial charge in [0.15, 0.2) is 5.82 Å². The number of aromatic nitrogens is 3. The second-order valence-electron chi connectivity index (χ2n) is 5.60. The molecule has 2 N–H and O–H groups in total. The number of hydrogen-bond acceptors (Lipinski definition) is 5. The molecular formula is C15H22N4O3S. The molecule has 126 valence electrons. The fourth-order valence-electron chi connectivity index (χ4n) is 2.54. The van der Waals surface area contributed by atoms with Crippen LogP contribution in [0.25, 0.3) is 0 Å². The zero-order valence-corrected chi connectivity index (χ0v) is 15.0. The van der Waals surface area contributed by atoms with E-state index in [2.05, 4.69) is 19.9 Å². The quantitative estimate of drug-likeness (QED) is 0.870. The van der Waals surface area contributed by atoms with Crippen molar-refractivity contribution in [2.75, 3.05) is 7.11 Å². The van der Waals surface area contributed by atoms with Gasteiger partial charge in [0.05, 0.1) is 18.0 Å². The van der Waals surface area contributed by atoms with Gasteiger partial charge < -0.3 is 4.74 Å². The average Bonchev–Trinajstić information content (AvgIpc) is 2.89. The summed E-state index contributed by atoms with van der Waals surface area (Å²) >= 11 is 0. The number of sulfonamides is 1. The van der Waals surface area contributed by atoms with Gasteiger partial charge >= 0.3 is 0 Å². The molecule has 2 rings (SSSR count). The third-order valence-electron chi connectivity index (χ3n) is 3.80. The van der Waals surface area contributed by atoms with Crippen LogP contribution in [0.1, 0.15) is 41.3 Å². The van der Waals surface area contributed by atoms with Crippen LogP contribution in [0, 0.1) is 27.7 Å². The summed E-state index contributed by atoms with van der Waals surface area (Å²) < 4.78 is 33.5. The highest BCUT2D eigenvalue weighted by Crippen LogP contribution is 2.31. The second-order valence-corrected chi connectivity index (χ2v) is 7.25. The summed E-state index contributed by atoms with van der Waals surface area (Å²) in [5, 5.41) is 6.71. The smallest absolute Gasteiger partial charge is 0.241 e. The Balaban J connectivity index is 2.42. The Morgan fingerprint density at radius 1 is 1.22 bits per heavy atom. The van der Waals surface area contributed by atoms with Gasteiger partial charge in [0.25, 0.3) is 0 Å². The highest BCUT2D eigenvalue weighted by molar-refractivity contribution is 7.89. The standard InChI is InChI=1S/C15H22N4O3S/c1-8-7-13(22-6)9(2)10(3)14(8)23(20,21)19-11(4)15-16-12(5)17-18-15/h7,11,19H,1-6H3,(H,16,17,18)/t11-/m0/s1. The van der Waals surface area contributed by atoms with Crippen molar-refractivity contribution in [1.29, 1.82) is 0 Å². The number of methoxy groups -OCH3 is 1. The molecule has 0 aliphatic carbocycles. The summed E-state index contributed by atoms with van der Waals surface area (Å²) in [6, 6.07) is 1.20. The van der Waals surface area contributed by atoms with E-state index in [1.165, 1.54) is 0 Å². The lowest BCUT2D eigenvalue weighted by atomic mass is 10.1. The normalized spacial score (nSPS) is 13.1. The maximum atomic E-state index is 12.8. The van der Waals surface area contributed by atoms with E-state index >= 15 is 0 Å². The van der Waals surface area contributed by atoms with Gasteiger partial charge in [-0.3, -0.25) is 5.10 Å². The number of aryl methyl sites for hydroxylation is 2. The topological polar surface area (TPSA) is 97.0 Å². The molecule has 8 heteroatoms. The van der Waals surface area contributed by atoms with Crippen molar-refractivity contribution in [2.45, 2.75) is 45.6 Å². The van der Waals surface area contributed by atoms with Crippen molar-refractivity contribution < 1.29 is 13.2 Å². The summed E-state index contributed by atoms with van der Waals surface area (Å²) in [5.41, 5.74) is 2.11. The SMILES string of the molecule is COc1cc(C)c(S(=O)(=O)N[C@@H](C)c2n[nH]c(C)n2)c(C)c1C. The number of H-pyrrole nitrogens is 1. The highest BCUT2D eigenvalue weighted by atomic mass is 32.2. The van der Waals surface area contributed by atoms with Crippen LogP contribution in [0.3, 0.4) is 0 Å². The van der Waals surface area contributed by atoms with E-state index in [4.69, 9.17) is 4.74 Å². The molecular weight excluding hydrogens is 316 g/mol. The molecule has 2 aromatic rings. The minimum Gasteiger partial charge on any atom is -0.496 e. The van der Waals surface area contributed by atoms with Crippen molar-refractivity contribution in [3.63, 3.8) is 0 Å². The van der Waals surface area contributed by atoms with Crippen LogP contribution in [-0.2, 0) is 10.0 Å². The molecule has 1 aromatic carbocycles. The van der Waals surface area contributed by atoms with Crippen LogP contribution in [0.15, 0.2) is 11.0 Å². The molecule has 0 saturated heterocycles. The second kappa shape index (κ2) is 6.29. The number of nitrogens with one attached hydrogen (secondary N) is 2. The van der Waals surface area contributed by atoms with Crippen LogP contribution < -0.4 is 9.46 Å². The van der Waals surface area contributed by atoms with E-state index in [1.54, 1.807) is 40.9 Å². The van der Waals surface area contributed by atoms with Crippen molar-refractivity contribution in [1.82, 2.24) is 19.9 Å². The van der Waals surface area contributed by atoms with Crippen LogP contribution in [0.4, 0.5) is 0 Å². The van der Waals surface area contributed by atoms with Crippen molar-refractivity contribution in [3.8, 4) is 5.75 Å². The molecule has 0 radical (unpaired) electrons. The van der Waals surface area contributed by atoms with E-state index < -0.39 is 16.1 Å². The molecule has 0 bridgehead atoms. The number of nitrogens with zero attached hydrogens (tertiary/aromatic N) is 2. The Labute approximate surface area is 136 Å². The van der Waals surface area contributed by atoms with E-state index in [0.29, 0.717) is 28.5 Å². The number of ether oxygens (including phenoxy) is 1. The van der Waals surface area contributed by atoms with Gasteiger partial charge in [-0.25, -0.2) is 18.1 Å². The van der Waals surface area contributed by atoms with Crippen molar-refractivity contribution >= 4 is 10.0 Å². The Kier molecular flexibility index (Phi) is 4.76. The predicted octanol–water partition coefficient (Wildman–Crippen LogP) is 2.09. The molecule has 0 aliphatic heterocycles. The van der Waals surface area contributed by atoms with Crippen molar-refractivity contribution in [2.24, 2.45) is 0 Å². The molecule has 0 unspecified atom stereocenters. The predicted molar refractivity (Wildman–Crippen MR) is 87.1 cm³/mol. The zero-order valence-electron chi connectivity index (χ0n) is 14.2. The first kappa shape index (κ1) is 17.4. The first-order valence-corrected chi connectivity index (χ1v) is 8.71. The summed E-state index contributed by atoms with van der Waals surface area (Å²) in [5.74, 6) is 1.72. The third kappa shape index (κ3) is 3.37. The van der Waals surface area contributed by atoms with Crippen LogP contribution >= 0.6 is 0 Å². The van der Waals surface area contributed by atoms with Gasteiger partial charge in [-0.15, -0.1) is 0 Å². The number of aromatic amines is 1. The monoisotopic (exact) mass is 338 g/mol. The van der Waals surface area contributed by atoms with E-state index in [0.717, 1.165) is 5.56 Å². The maximum absolute atomic E-state index is 12.8. The van der Waals surface area contributed by atoms with E-state index in [9.17, 15) is 8.42 Å². The van der Waals surface area contributed by atoms with Gasteiger partial charge in [-0.2, -0.15) is 5.10 Å². The number of benzene rings is 1. The Hall–Kier alpha value is -1.93. The molecule has 0 aliphatic rings.